The maximum atomic E-state index is 5.79. The molecule has 0 fully saturated rings. The predicted octanol–water partition coefficient (Wildman–Crippen LogP) is 4.37. The predicted molar refractivity (Wildman–Crippen MR) is 84.4 cm³/mol. The molecule has 1 heterocycles. The summed E-state index contributed by atoms with van der Waals surface area (Å²) in [5.74, 6) is 2.68. The molecule has 1 aromatic carbocycles. The van der Waals surface area contributed by atoms with Crippen molar-refractivity contribution in [3.8, 4) is 5.75 Å². The van der Waals surface area contributed by atoms with Gasteiger partial charge in [0.2, 0.25) is 0 Å². The minimum atomic E-state index is -0.0134. The molecule has 108 valence electrons. The molecule has 0 radical (unpaired) electrons. The van der Waals surface area contributed by atoms with Crippen LogP contribution in [0.1, 0.15) is 35.6 Å². The Bertz CT molecular complexity index is 592. The third-order valence-electron chi connectivity index (χ3n) is 3.28. The summed E-state index contributed by atoms with van der Waals surface area (Å²) in [5, 5.41) is 3.46. The zero-order chi connectivity index (χ0) is 14.7. The van der Waals surface area contributed by atoms with Crippen molar-refractivity contribution in [2.45, 2.75) is 26.8 Å². The highest BCUT2D eigenvalue weighted by Gasteiger charge is 2.21. The van der Waals surface area contributed by atoms with Gasteiger partial charge >= 0.3 is 0 Å². The van der Waals surface area contributed by atoms with Crippen LogP contribution in [0.4, 0.5) is 0 Å². The van der Waals surface area contributed by atoms with Crippen LogP contribution in [0.5, 0.6) is 5.75 Å². The van der Waals surface area contributed by atoms with Crippen molar-refractivity contribution in [1.82, 2.24) is 5.32 Å². The first kappa shape index (κ1) is 15.1. The summed E-state index contributed by atoms with van der Waals surface area (Å²) in [4.78, 5) is 0. The summed E-state index contributed by atoms with van der Waals surface area (Å²) in [6.07, 6.45) is 0. The fourth-order valence-corrected chi connectivity index (χ4v) is 2.61. The van der Waals surface area contributed by atoms with Gasteiger partial charge in [0.1, 0.15) is 17.3 Å². The van der Waals surface area contributed by atoms with Crippen molar-refractivity contribution in [2.24, 2.45) is 0 Å². The van der Waals surface area contributed by atoms with Crippen LogP contribution in [0.15, 0.2) is 33.2 Å². The number of benzene rings is 1. The van der Waals surface area contributed by atoms with Crippen LogP contribution in [-0.4, -0.2) is 13.7 Å². The van der Waals surface area contributed by atoms with Crippen molar-refractivity contribution in [3.63, 3.8) is 0 Å². The molecule has 0 amide bonds. The van der Waals surface area contributed by atoms with E-state index < -0.39 is 0 Å². The van der Waals surface area contributed by atoms with Crippen LogP contribution in [-0.2, 0) is 0 Å². The summed E-state index contributed by atoms with van der Waals surface area (Å²) in [7, 11) is 1.70. The Morgan fingerprint density at radius 3 is 2.60 bits per heavy atom. The standard InChI is InChI=1S/C16H20BrNO2/c1-5-18-16(14-7-6-11(3)20-14)12-9-13(17)10(2)8-15(12)19-4/h6-9,16,18H,5H2,1-4H3. The lowest BCUT2D eigenvalue weighted by Gasteiger charge is -2.20. The second kappa shape index (κ2) is 6.46. The van der Waals surface area contributed by atoms with E-state index in [0.29, 0.717) is 0 Å². The summed E-state index contributed by atoms with van der Waals surface area (Å²) < 4.78 is 12.4. The molecule has 0 aliphatic heterocycles. The van der Waals surface area contributed by atoms with Crippen molar-refractivity contribution in [2.75, 3.05) is 13.7 Å². The molecule has 0 aliphatic rings. The molecular formula is C16H20BrNO2. The Balaban J connectivity index is 2.51. The molecule has 0 aliphatic carbocycles. The van der Waals surface area contributed by atoms with E-state index >= 15 is 0 Å². The molecule has 0 saturated carbocycles. The number of nitrogens with one attached hydrogen (secondary N) is 1. The van der Waals surface area contributed by atoms with Gasteiger partial charge in [-0.05, 0) is 50.2 Å². The van der Waals surface area contributed by atoms with Crippen molar-refractivity contribution in [1.29, 1.82) is 0 Å². The van der Waals surface area contributed by atoms with Gasteiger partial charge in [0.25, 0.3) is 0 Å². The highest BCUT2D eigenvalue weighted by atomic mass is 79.9. The highest BCUT2D eigenvalue weighted by molar-refractivity contribution is 9.10. The van der Waals surface area contributed by atoms with E-state index in [0.717, 1.165) is 39.4 Å². The van der Waals surface area contributed by atoms with Gasteiger partial charge < -0.3 is 14.5 Å². The number of furan rings is 1. The number of halogens is 1. The number of methoxy groups -OCH3 is 1. The molecule has 20 heavy (non-hydrogen) atoms. The lowest BCUT2D eigenvalue weighted by Crippen LogP contribution is -2.22. The maximum absolute atomic E-state index is 5.79. The van der Waals surface area contributed by atoms with Crippen LogP contribution in [0, 0.1) is 13.8 Å². The number of hydrogen-bond acceptors (Lipinski definition) is 3. The monoisotopic (exact) mass is 337 g/mol. The molecule has 1 atom stereocenters. The van der Waals surface area contributed by atoms with Gasteiger partial charge in [-0.2, -0.15) is 0 Å². The Morgan fingerprint density at radius 1 is 1.30 bits per heavy atom. The van der Waals surface area contributed by atoms with Crippen LogP contribution >= 0.6 is 15.9 Å². The van der Waals surface area contributed by atoms with Gasteiger partial charge in [-0.1, -0.05) is 22.9 Å². The van der Waals surface area contributed by atoms with Gasteiger partial charge in [-0.3, -0.25) is 0 Å². The van der Waals surface area contributed by atoms with Gasteiger partial charge in [-0.15, -0.1) is 0 Å². The van der Waals surface area contributed by atoms with Crippen LogP contribution < -0.4 is 10.1 Å². The largest absolute Gasteiger partial charge is 0.496 e. The summed E-state index contributed by atoms with van der Waals surface area (Å²) >= 11 is 3.59. The minimum Gasteiger partial charge on any atom is -0.496 e. The van der Waals surface area contributed by atoms with E-state index in [1.54, 1.807) is 7.11 Å². The van der Waals surface area contributed by atoms with Crippen molar-refractivity contribution in [3.05, 3.63) is 51.4 Å². The number of ether oxygens (including phenoxy) is 1. The lowest BCUT2D eigenvalue weighted by molar-refractivity contribution is 0.390. The Kier molecular flexibility index (Phi) is 4.89. The summed E-state index contributed by atoms with van der Waals surface area (Å²) in [6.45, 7) is 6.93. The zero-order valence-corrected chi connectivity index (χ0v) is 13.9. The average molecular weight is 338 g/mol. The van der Waals surface area contributed by atoms with Crippen LogP contribution in [0.2, 0.25) is 0 Å². The molecule has 1 N–H and O–H groups in total. The van der Waals surface area contributed by atoms with Gasteiger partial charge in [0.05, 0.1) is 13.2 Å². The van der Waals surface area contributed by atoms with Gasteiger partial charge in [0, 0.05) is 10.0 Å². The molecule has 2 rings (SSSR count). The second-order valence-corrected chi connectivity index (χ2v) is 5.64. The maximum Gasteiger partial charge on any atom is 0.125 e. The Labute approximate surface area is 128 Å². The zero-order valence-electron chi connectivity index (χ0n) is 12.3. The molecular weight excluding hydrogens is 318 g/mol. The lowest BCUT2D eigenvalue weighted by atomic mass is 10.0. The Morgan fingerprint density at radius 2 is 2.05 bits per heavy atom. The smallest absolute Gasteiger partial charge is 0.125 e. The number of hydrogen-bond donors (Lipinski definition) is 1. The fraction of sp³-hybridized carbons (Fsp3) is 0.375. The van der Waals surface area contributed by atoms with Crippen molar-refractivity contribution >= 4 is 15.9 Å². The molecule has 0 spiro atoms. The first-order valence-electron chi connectivity index (χ1n) is 6.70. The first-order valence-corrected chi connectivity index (χ1v) is 7.49. The molecule has 0 bridgehead atoms. The van der Waals surface area contributed by atoms with E-state index in [2.05, 4.69) is 41.2 Å². The minimum absolute atomic E-state index is 0.0134. The molecule has 4 heteroatoms. The first-order chi connectivity index (χ1) is 9.56. The Hall–Kier alpha value is -1.26. The van der Waals surface area contributed by atoms with Gasteiger partial charge in [-0.25, -0.2) is 0 Å². The summed E-state index contributed by atoms with van der Waals surface area (Å²) in [5.41, 5.74) is 2.22. The molecule has 0 saturated heterocycles. The highest BCUT2D eigenvalue weighted by Crippen LogP contribution is 2.35. The van der Waals surface area contributed by atoms with Crippen LogP contribution in [0.3, 0.4) is 0 Å². The van der Waals surface area contributed by atoms with E-state index in [1.807, 2.05) is 25.1 Å². The van der Waals surface area contributed by atoms with Gasteiger partial charge in [0.15, 0.2) is 0 Å². The fourth-order valence-electron chi connectivity index (χ4n) is 2.25. The quantitative estimate of drug-likeness (QED) is 0.879. The molecule has 3 nitrogen and oxygen atoms in total. The molecule has 2 aromatic rings. The summed E-state index contributed by atoms with van der Waals surface area (Å²) in [6, 6.07) is 8.12. The third kappa shape index (κ3) is 3.07. The third-order valence-corrected chi connectivity index (χ3v) is 4.13. The van der Waals surface area contributed by atoms with Crippen molar-refractivity contribution < 1.29 is 9.15 Å². The topological polar surface area (TPSA) is 34.4 Å². The number of rotatable bonds is 5. The molecule has 1 aromatic heterocycles. The average Bonchev–Trinajstić information content (AvgIpc) is 2.85. The molecule has 1 unspecified atom stereocenters. The number of aryl methyl sites for hydroxylation is 2. The van der Waals surface area contributed by atoms with Crippen LogP contribution in [0.25, 0.3) is 0 Å². The van der Waals surface area contributed by atoms with E-state index in [4.69, 9.17) is 9.15 Å². The van der Waals surface area contributed by atoms with E-state index in [-0.39, 0.29) is 6.04 Å². The van der Waals surface area contributed by atoms with E-state index in [1.165, 1.54) is 0 Å². The van der Waals surface area contributed by atoms with E-state index in [9.17, 15) is 0 Å². The second-order valence-electron chi connectivity index (χ2n) is 4.78. The normalized spacial score (nSPS) is 12.4. The SMILES string of the molecule is CCNC(c1ccc(C)o1)c1cc(Br)c(C)cc1OC.